The summed E-state index contributed by atoms with van der Waals surface area (Å²) in [4.78, 5) is 10.0. The first-order valence-corrected chi connectivity index (χ1v) is 35.9. The highest BCUT2D eigenvalue weighted by molar-refractivity contribution is 7.01. The number of hydrogen-bond acceptors (Lipinski definition) is 6. The van der Waals surface area contributed by atoms with Gasteiger partial charge in [-0.1, -0.05) is 269 Å². The van der Waals surface area contributed by atoms with Crippen LogP contribution in [0, 0.1) is 0 Å². The van der Waals surface area contributed by atoms with E-state index in [9.17, 15) is 0 Å². The van der Waals surface area contributed by atoms with Crippen LogP contribution in [0.1, 0.15) is 48.6 Å². The zero-order chi connectivity index (χ0) is 68.2. The molecule has 0 saturated heterocycles. The predicted molar refractivity (Wildman–Crippen MR) is 428 cm³/mol. The molecule has 6 nitrogen and oxygen atoms in total. The molecule has 21 rings (SSSR count). The van der Waals surface area contributed by atoms with Crippen LogP contribution in [0.3, 0.4) is 0 Å². The van der Waals surface area contributed by atoms with Crippen molar-refractivity contribution in [2.45, 2.75) is 31.6 Å². The topological polar surface area (TPSA) is 31.4 Å². The minimum Gasteiger partial charge on any atom is -0.458 e. The monoisotopic (exact) mass is 1320 g/mol. The maximum absolute atomic E-state index is 8.19. The Morgan fingerprint density at radius 3 is 1.28 bits per heavy atom. The molecule has 5 heterocycles. The first-order chi connectivity index (χ1) is 50.8. The number of para-hydroxylation sites is 7. The molecule has 0 fully saturated rings. The number of anilines is 12. The van der Waals surface area contributed by atoms with Crippen molar-refractivity contribution in [2.24, 2.45) is 0 Å². The quantitative estimate of drug-likeness (QED) is 0.141. The summed E-state index contributed by atoms with van der Waals surface area (Å²) in [5.74, 6) is 3.26. The third-order valence-electron chi connectivity index (χ3n) is 22.4. The fourth-order valence-corrected chi connectivity index (χ4v) is 18.1. The smallest absolute Gasteiger partial charge is 0.256 e. The van der Waals surface area contributed by atoms with Gasteiger partial charge >= 0.3 is 0 Å². The Kier molecular flexibility index (Phi) is 13.0. The minimum atomic E-state index is -0.896. The van der Waals surface area contributed by atoms with Gasteiger partial charge in [-0.2, -0.15) is 0 Å². The Bertz CT molecular complexity index is 5820. The van der Waals surface area contributed by atoms with Gasteiger partial charge < -0.3 is 29.1 Å². The molecule has 0 N–H and O–H groups in total. The highest BCUT2D eigenvalue weighted by Crippen LogP contribution is 2.64. The Balaban J connectivity index is 0.887. The molecule has 484 valence electrons. The van der Waals surface area contributed by atoms with E-state index < -0.39 is 5.41 Å². The highest BCUT2D eigenvalue weighted by Gasteiger charge is 2.55. The second-order valence-corrected chi connectivity index (χ2v) is 29.0. The molecule has 15 aromatic carbocycles. The van der Waals surface area contributed by atoms with Crippen molar-refractivity contribution in [3.05, 3.63) is 374 Å². The fraction of sp³-hybridized carbons (Fsp3) is 0.0526. The molecule has 15 aromatic rings. The molecule has 5 aliphatic heterocycles. The fourth-order valence-electron chi connectivity index (χ4n) is 18.1. The summed E-state index contributed by atoms with van der Waals surface area (Å²) in [6.07, 6.45) is 0. The van der Waals surface area contributed by atoms with Crippen LogP contribution in [0.4, 0.5) is 68.2 Å². The van der Waals surface area contributed by atoms with Crippen molar-refractivity contribution in [3.8, 4) is 56.4 Å². The van der Waals surface area contributed by atoms with Crippen molar-refractivity contribution in [2.75, 3.05) is 19.6 Å². The molecule has 0 unspecified atom stereocenters. The molecule has 0 radical (unpaired) electrons. The second-order valence-electron chi connectivity index (χ2n) is 29.0. The summed E-state index contributed by atoms with van der Waals surface area (Å²) in [7, 11) is 0. The van der Waals surface area contributed by atoms with Crippen LogP contribution in [-0.2, 0) is 10.8 Å². The van der Waals surface area contributed by atoms with Gasteiger partial charge in [0.2, 0.25) is 0 Å². The normalized spacial score (nSPS) is 13.9. The summed E-state index contributed by atoms with van der Waals surface area (Å²) in [5.41, 5.74) is 31.7. The van der Waals surface area contributed by atoms with Gasteiger partial charge in [-0.05, 0) is 156 Å². The van der Waals surface area contributed by atoms with Gasteiger partial charge in [0.1, 0.15) is 23.0 Å². The van der Waals surface area contributed by atoms with Gasteiger partial charge in [-0.25, -0.2) is 0 Å². The number of fused-ring (bicyclic) bond motifs is 17. The van der Waals surface area contributed by atoms with Crippen molar-refractivity contribution in [3.63, 3.8) is 0 Å². The Morgan fingerprint density at radius 1 is 0.291 bits per heavy atom. The largest absolute Gasteiger partial charge is 0.458 e. The van der Waals surface area contributed by atoms with Crippen molar-refractivity contribution < 1.29 is 9.47 Å². The van der Waals surface area contributed by atoms with E-state index in [-0.39, 0.29) is 18.8 Å². The zero-order valence-electron chi connectivity index (χ0n) is 57.2. The molecule has 0 atom stereocenters. The number of rotatable bonds is 8. The van der Waals surface area contributed by atoms with Crippen LogP contribution in [-0.4, -0.2) is 13.4 Å². The molecular weight excluding hydrogens is 1250 g/mol. The molecule has 1 aliphatic carbocycles. The van der Waals surface area contributed by atoms with Crippen LogP contribution in [0.15, 0.2) is 346 Å². The van der Waals surface area contributed by atoms with Crippen molar-refractivity contribution in [1.82, 2.24) is 0 Å². The molecular formula is C95H66B2N4O2. The van der Waals surface area contributed by atoms with E-state index in [4.69, 9.17) is 9.47 Å². The Hall–Kier alpha value is -12.8. The van der Waals surface area contributed by atoms with Gasteiger partial charge in [0, 0.05) is 97.3 Å². The summed E-state index contributed by atoms with van der Waals surface area (Å²) < 4.78 is 15.5. The molecule has 103 heavy (non-hydrogen) atoms. The van der Waals surface area contributed by atoms with E-state index in [0.29, 0.717) is 0 Å². The number of nitrogens with zero attached hydrogens (tertiary/aromatic N) is 4. The third kappa shape index (κ3) is 8.71. The van der Waals surface area contributed by atoms with Gasteiger partial charge in [0.05, 0.1) is 16.8 Å². The molecule has 0 saturated carbocycles. The van der Waals surface area contributed by atoms with Gasteiger partial charge in [-0.3, -0.25) is 0 Å². The lowest BCUT2D eigenvalue weighted by atomic mass is 9.33. The highest BCUT2D eigenvalue weighted by atomic mass is 16.5. The van der Waals surface area contributed by atoms with Gasteiger partial charge in [0.15, 0.2) is 0 Å². The van der Waals surface area contributed by atoms with Gasteiger partial charge in [0.25, 0.3) is 13.4 Å². The van der Waals surface area contributed by atoms with Crippen LogP contribution >= 0.6 is 0 Å². The maximum Gasteiger partial charge on any atom is 0.256 e. The predicted octanol–water partition coefficient (Wildman–Crippen LogP) is 20.7. The van der Waals surface area contributed by atoms with Crippen LogP contribution < -0.4 is 61.9 Å². The summed E-state index contributed by atoms with van der Waals surface area (Å²) in [5, 5.41) is 0. The molecule has 0 bridgehead atoms. The molecule has 0 aromatic heterocycles. The minimum absolute atomic E-state index is 0.220. The third-order valence-corrected chi connectivity index (χ3v) is 22.4. The molecule has 8 heteroatoms. The number of ether oxygens (including phenoxy) is 2. The van der Waals surface area contributed by atoms with E-state index in [0.717, 1.165) is 130 Å². The second kappa shape index (κ2) is 22.6. The van der Waals surface area contributed by atoms with Gasteiger partial charge in [-0.15, -0.1) is 0 Å². The lowest BCUT2D eigenvalue weighted by Crippen LogP contribution is -2.62. The molecule has 1 spiro atoms. The van der Waals surface area contributed by atoms with E-state index in [1.165, 1.54) is 55.4 Å². The number of hydrogen-bond donors (Lipinski definition) is 0. The average Bonchev–Trinajstić information content (AvgIpc) is 1.64. The van der Waals surface area contributed by atoms with E-state index in [1.807, 2.05) is 0 Å². The maximum atomic E-state index is 8.19. The molecule has 6 aliphatic rings. The summed E-state index contributed by atoms with van der Waals surface area (Å²) >= 11 is 0. The van der Waals surface area contributed by atoms with Crippen molar-refractivity contribution >= 4 is 114 Å². The van der Waals surface area contributed by atoms with Crippen LogP contribution in [0.5, 0.6) is 23.0 Å². The Morgan fingerprint density at radius 2 is 0.718 bits per heavy atom. The summed E-state index contributed by atoms with van der Waals surface area (Å²) in [6, 6.07) is 128. The number of benzene rings is 15. The first-order valence-electron chi connectivity index (χ1n) is 35.9. The molecule has 0 amide bonds. The first kappa shape index (κ1) is 59.1. The van der Waals surface area contributed by atoms with Crippen LogP contribution in [0.2, 0.25) is 0 Å². The van der Waals surface area contributed by atoms with Crippen molar-refractivity contribution in [1.29, 1.82) is 0 Å². The van der Waals surface area contributed by atoms with E-state index in [2.05, 4.69) is 386 Å². The average molecular weight is 1320 g/mol. The van der Waals surface area contributed by atoms with E-state index >= 15 is 0 Å². The van der Waals surface area contributed by atoms with E-state index in [1.54, 1.807) is 0 Å². The Labute approximate surface area is 601 Å². The lowest BCUT2D eigenvalue weighted by molar-refractivity contribution is 0.437. The summed E-state index contributed by atoms with van der Waals surface area (Å²) in [6.45, 7) is 6.61. The standard InChI is InChI=1S/C95H66B2N4O2/c1-94(2,3)63-53-84-91-85(54-63)101(93-69(61-31-10-4-11-32-61)45-30-46-70(93)62-33-12-5-13-34-62)83-60-89-76(58-80(83)96(91)77-49-26-28-51-81(77)99(84)66-39-18-8-19-40-66)95(73-47-24-22-43-71(73)72-44-23-25-48-74(72)95)75-57-79-82(59-88(75)103-89)100(67-41-20-9-21-42-67)86-55-68(56-90-92(86)97(79)78-50-27-29-52-87(78)102-90)98(64-35-14-6-15-36-64)65-37-16-7-17-38-65/h4-60H,1-3H3. The SMILES string of the molecule is CC(C)(C)c1cc2c3c(c1)N(c1c(-c4ccccc4)cccc1-c1ccccc1)c1cc4c(cc1B3c1ccccc1N2c1ccccc1)C1(c2cc3c(cc2O4)N(c2ccccc2)c2cc(N(c4ccccc4)c4ccccc4)cc4c2B3c2ccccc2O4)c2ccccc2-c2ccccc21. The lowest BCUT2D eigenvalue weighted by Gasteiger charge is -2.47. The van der Waals surface area contributed by atoms with Crippen LogP contribution in [0.25, 0.3) is 33.4 Å². The zero-order valence-corrected chi connectivity index (χ0v) is 57.2.